The lowest BCUT2D eigenvalue weighted by atomic mass is 10.4. The van der Waals surface area contributed by atoms with Crippen LogP contribution in [0.3, 0.4) is 0 Å². The van der Waals surface area contributed by atoms with Gasteiger partial charge in [0.05, 0.1) is 0 Å². The molecule has 0 saturated heterocycles. The van der Waals surface area contributed by atoms with Crippen molar-refractivity contribution in [1.82, 2.24) is 10.6 Å². The van der Waals surface area contributed by atoms with Gasteiger partial charge >= 0.3 is 0 Å². The van der Waals surface area contributed by atoms with E-state index in [2.05, 4.69) is 29.3 Å². The average Bonchev–Trinajstić information content (AvgIpc) is 2.21. The summed E-state index contributed by atoms with van der Waals surface area (Å²) < 4.78 is 0. The van der Waals surface area contributed by atoms with Crippen molar-refractivity contribution in [2.45, 2.75) is 19.8 Å². The van der Waals surface area contributed by atoms with Gasteiger partial charge in [-0.3, -0.25) is 0 Å². The Morgan fingerprint density at radius 3 is 2.36 bits per heavy atom. The molecule has 3 nitrogen and oxygen atoms in total. The maximum atomic E-state index is 5.35. The van der Waals surface area contributed by atoms with Crippen LogP contribution < -0.4 is 16.4 Å². The van der Waals surface area contributed by atoms with Crippen molar-refractivity contribution < 1.29 is 0 Å². The molecule has 0 aliphatic carbocycles. The van der Waals surface area contributed by atoms with Crippen LogP contribution in [-0.4, -0.2) is 44.2 Å². The van der Waals surface area contributed by atoms with Gasteiger partial charge in [0.1, 0.15) is 0 Å². The Bertz CT molecular complexity index is 89.4. The largest absolute Gasteiger partial charge is 0.329 e. The molecule has 0 radical (unpaired) electrons. The molecule has 0 aromatic heterocycles. The normalized spacial score (nSPS) is 10.7. The predicted octanol–water partition coefficient (Wildman–Crippen LogP) is 0.658. The van der Waals surface area contributed by atoms with Crippen molar-refractivity contribution in [1.29, 1.82) is 0 Å². The third kappa shape index (κ3) is 12.2. The molecular formula is C10H25N3S. The summed E-state index contributed by atoms with van der Waals surface area (Å²) in [6, 6.07) is 0. The Labute approximate surface area is 92.6 Å². The van der Waals surface area contributed by atoms with Gasteiger partial charge in [0.2, 0.25) is 0 Å². The molecule has 0 aliphatic rings. The maximum absolute atomic E-state index is 5.35. The molecule has 0 bridgehead atoms. The molecule has 0 heterocycles. The zero-order valence-electron chi connectivity index (χ0n) is 9.35. The summed E-state index contributed by atoms with van der Waals surface area (Å²) in [4.78, 5) is 0. The van der Waals surface area contributed by atoms with Crippen LogP contribution in [0.15, 0.2) is 0 Å². The summed E-state index contributed by atoms with van der Waals surface area (Å²) in [5.41, 5.74) is 5.35. The van der Waals surface area contributed by atoms with E-state index in [1.165, 1.54) is 24.3 Å². The summed E-state index contributed by atoms with van der Waals surface area (Å²) in [5, 5.41) is 6.66. The standard InChI is InChI=1S/C10H25N3S/c1-2-9-14-10-3-5-12-7-8-13-6-4-11/h12-13H,2-11H2,1H3. The number of hydrogen-bond donors (Lipinski definition) is 3. The van der Waals surface area contributed by atoms with Crippen LogP contribution in [0.4, 0.5) is 0 Å². The van der Waals surface area contributed by atoms with Crippen LogP contribution in [0, 0.1) is 0 Å². The van der Waals surface area contributed by atoms with Crippen LogP contribution in [0.5, 0.6) is 0 Å². The summed E-state index contributed by atoms with van der Waals surface area (Å²) in [6.45, 7) is 7.11. The van der Waals surface area contributed by atoms with E-state index in [1.807, 2.05) is 0 Å². The van der Waals surface area contributed by atoms with Gasteiger partial charge in [-0.2, -0.15) is 11.8 Å². The third-order valence-electron chi connectivity index (χ3n) is 1.79. The zero-order valence-corrected chi connectivity index (χ0v) is 10.2. The molecule has 4 heteroatoms. The van der Waals surface area contributed by atoms with E-state index in [4.69, 9.17) is 5.73 Å². The van der Waals surface area contributed by atoms with E-state index < -0.39 is 0 Å². The molecule has 4 N–H and O–H groups in total. The molecule has 86 valence electrons. The molecule has 0 atom stereocenters. The lowest BCUT2D eigenvalue weighted by Crippen LogP contribution is -2.31. The maximum Gasteiger partial charge on any atom is 0.00772 e. The van der Waals surface area contributed by atoms with Gasteiger partial charge in [0, 0.05) is 26.2 Å². The quantitative estimate of drug-likeness (QED) is 0.447. The average molecular weight is 219 g/mol. The molecule has 0 fully saturated rings. The van der Waals surface area contributed by atoms with Gasteiger partial charge < -0.3 is 16.4 Å². The highest BCUT2D eigenvalue weighted by molar-refractivity contribution is 7.99. The van der Waals surface area contributed by atoms with Crippen molar-refractivity contribution in [3.8, 4) is 0 Å². The van der Waals surface area contributed by atoms with Crippen LogP contribution in [0.2, 0.25) is 0 Å². The van der Waals surface area contributed by atoms with Crippen LogP contribution in [0.25, 0.3) is 0 Å². The van der Waals surface area contributed by atoms with E-state index >= 15 is 0 Å². The van der Waals surface area contributed by atoms with E-state index in [-0.39, 0.29) is 0 Å². The number of nitrogens with two attached hydrogens (primary N) is 1. The first-order valence-electron chi connectivity index (χ1n) is 5.61. The molecule has 0 aliphatic heterocycles. The minimum atomic E-state index is 0.730. The van der Waals surface area contributed by atoms with Gasteiger partial charge in [-0.1, -0.05) is 6.92 Å². The van der Waals surface area contributed by atoms with Crippen LogP contribution in [0.1, 0.15) is 19.8 Å². The van der Waals surface area contributed by atoms with Crippen LogP contribution >= 0.6 is 11.8 Å². The lowest BCUT2D eigenvalue weighted by molar-refractivity contribution is 0.611. The van der Waals surface area contributed by atoms with Gasteiger partial charge in [0.15, 0.2) is 0 Å². The first-order valence-corrected chi connectivity index (χ1v) is 6.76. The molecule has 0 spiro atoms. The molecule has 0 aromatic carbocycles. The molecule has 0 saturated carbocycles. The zero-order chi connectivity index (χ0) is 10.5. The number of nitrogens with one attached hydrogen (secondary N) is 2. The highest BCUT2D eigenvalue weighted by Gasteiger charge is 1.89. The summed E-state index contributed by atoms with van der Waals surface area (Å²) in [7, 11) is 0. The monoisotopic (exact) mass is 219 g/mol. The minimum Gasteiger partial charge on any atom is -0.329 e. The number of hydrogen-bond acceptors (Lipinski definition) is 4. The Morgan fingerprint density at radius 2 is 1.71 bits per heavy atom. The first kappa shape index (κ1) is 14.2. The van der Waals surface area contributed by atoms with Crippen molar-refractivity contribution in [2.75, 3.05) is 44.2 Å². The summed E-state index contributed by atoms with van der Waals surface area (Å²) >= 11 is 2.05. The second-order valence-electron chi connectivity index (χ2n) is 3.25. The second-order valence-corrected chi connectivity index (χ2v) is 4.48. The fourth-order valence-electron chi connectivity index (χ4n) is 1.07. The number of rotatable bonds is 11. The van der Waals surface area contributed by atoms with Gasteiger partial charge in [-0.25, -0.2) is 0 Å². The van der Waals surface area contributed by atoms with Crippen molar-refractivity contribution in [3.63, 3.8) is 0 Å². The summed E-state index contributed by atoms with van der Waals surface area (Å²) in [6.07, 6.45) is 2.57. The molecule has 0 amide bonds. The second kappa shape index (κ2) is 13.2. The van der Waals surface area contributed by atoms with Crippen molar-refractivity contribution in [2.24, 2.45) is 5.73 Å². The van der Waals surface area contributed by atoms with Crippen LogP contribution in [-0.2, 0) is 0 Å². The Hall–Kier alpha value is 0.230. The molecule has 0 unspecified atom stereocenters. The van der Waals surface area contributed by atoms with Crippen molar-refractivity contribution >= 4 is 11.8 Å². The van der Waals surface area contributed by atoms with Gasteiger partial charge in [-0.05, 0) is 30.9 Å². The third-order valence-corrected chi connectivity index (χ3v) is 3.06. The lowest BCUT2D eigenvalue weighted by Gasteiger charge is -2.05. The highest BCUT2D eigenvalue weighted by atomic mass is 32.2. The highest BCUT2D eigenvalue weighted by Crippen LogP contribution is 2.02. The van der Waals surface area contributed by atoms with E-state index in [1.54, 1.807) is 0 Å². The van der Waals surface area contributed by atoms with Crippen molar-refractivity contribution in [3.05, 3.63) is 0 Å². The Kier molecular flexibility index (Phi) is 13.4. The van der Waals surface area contributed by atoms with Gasteiger partial charge in [-0.15, -0.1) is 0 Å². The van der Waals surface area contributed by atoms with E-state index in [0.29, 0.717) is 0 Å². The molecular weight excluding hydrogens is 194 g/mol. The van der Waals surface area contributed by atoms with Gasteiger partial charge in [0.25, 0.3) is 0 Å². The predicted molar refractivity (Wildman–Crippen MR) is 67.0 cm³/mol. The summed E-state index contributed by atoms with van der Waals surface area (Å²) in [5.74, 6) is 2.59. The smallest absolute Gasteiger partial charge is 0.00772 e. The molecule has 14 heavy (non-hydrogen) atoms. The molecule has 0 rings (SSSR count). The van der Waals surface area contributed by atoms with E-state index in [9.17, 15) is 0 Å². The fraction of sp³-hybridized carbons (Fsp3) is 1.00. The first-order chi connectivity index (χ1) is 6.91. The Morgan fingerprint density at radius 1 is 1.00 bits per heavy atom. The topological polar surface area (TPSA) is 50.1 Å². The van der Waals surface area contributed by atoms with E-state index in [0.717, 1.165) is 32.7 Å². The Balaban J connectivity index is 2.78. The number of thioether (sulfide) groups is 1. The minimum absolute atomic E-state index is 0.730. The molecule has 0 aromatic rings. The fourth-order valence-corrected chi connectivity index (χ4v) is 1.92. The SMILES string of the molecule is CCCSCCCNCCNCCN.